The molecule has 19 heavy (non-hydrogen) atoms. The zero-order valence-electron chi connectivity index (χ0n) is 10.3. The third-order valence-corrected chi connectivity index (χ3v) is 3.52. The Morgan fingerprint density at radius 3 is 2.89 bits per heavy atom. The number of nitrogens with two attached hydrogens (primary N) is 1. The standard InChI is InChI=1S/C14H14F2N2O/c15-9-4-11-12(13(16)5-9)8-18(14(11)6-17)7-10-2-1-3-19-10/h1-5,14H,6-8,17H2. The van der Waals surface area contributed by atoms with E-state index in [0.717, 1.165) is 11.8 Å². The van der Waals surface area contributed by atoms with Crippen LogP contribution >= 0.6 is 0 Å². The maximum atomic E-state index is 13.8. The molecule has 0 spiro atoms. The highest BCUT2D eigenvalue weighted by molar-refractivity contribution is 5.36. The molecular weight excluding hydrogens is 250 g/mol. The van der Waals surface area contributed by atoms with Gasteiger partial charge in [0.25, 0.3) is 0 Å². The van der Waals surface area contributed by atoms with Crippen LogP contribution in [0.25, 0.3) is 0 Å². The fraction of sp³-hybridized carbons (Fsp3) is 0.286. The molecule has 2 heterocycles. The maximum Gasteiger partial charge on any atom is 0.130 e. The molecule has 0 fully saturated rings. The minimum atomic E-state index is -0.561. The van der Waals surface area contributed by atoms with Crippen LogP contribution in [0.1, 0.15) is 22.9 Å². The van der Waals surface area contributed by atoms with Crippen molar-refractivity contribution in [2.45, 2.75) is 19.1 Å². The van der Waals surface area contributed by atoms with Crippen LogP contribution in [-0.4, -0.2) is 11.4 Å². The second kappa shape index (κ2) is 4.75. The van der Waals surface area contributed by atoms with Gasteiger partial charge in [0, 0.05) is 30.8 Å². The predicted molar refractivity (Wildman–Crippen MR) is 66.1 cm³/mol. The van der Waals surface area contributed by atoms with Gasteiger partial charge >= 0.3 is 0 Å². The van der Waals surface area contributed by atoms with Crippen molar-refractivity contribution in [1.29, 1.82) is 0 Å². The lowest BCUT2D eigenvalue weighted by Crippen LogP contribution is -2.27. The molecule has 1 aliphatic heterocycles. The third kappa shape index (κ3) is 2.15. The first-order chi connectivity index (χ1) is 9.19. The molecule has 3 nitrogen and oxygen atoms in total. The topological polar surface area (TPSA) is 42.4 Å². The van der Waals surface area contributed by atoms with Gasteiger partial charge in [0.15, 0.2) is 0 Å². The molecule has 2 aromatic rings. The molecule has 0 bridgehead atoms. The van der Waals surface area contributed by atoms with Gasteiger partial charge in [0.05, 0.1) is 12.8 Å². The Bertz CT molecular complexity index is 583. The molecule has 5 heteroatoms. The van der Waals surface area contributed by atoms with Gasteiger partial charge in [0.1, 0.15) is 17.4 Å². The lowest BCUT2D eigenvalue weighted by atomic mass is 10.0. The van der Waals surface area contributed by atoms with E-state index in [1.54, 1.807) is 12.3 Å². The van der Waals surface area contributed by atoms with Crippen molar-refractivity contribution in [3.05, 3.63) is 59.1 Å². The van der Waals surface area contributed by atoms with Crippen LogP contribution < -0.4 is 5.73 Å². The summed E-state index contributed by atoms with van der Waals surface area (Å²) in [5, 5.41) is 0. The van der Waals surface area contributed by atoms with Crippen LogP contribution in [0.15, 0.2) is 34.9 Å². The van der Waals surface area contributed by atoms with Crippen LogP contribution in [0.4, 0.5) is 8.78 Å². The zero-order chi connectivity index (χ0) is 13.4. The second-order valence-electron chi connectivity index (χ2n) is 4.69. The summed E-state index contributed by atoms with van der Waals surface area (Å²) >= 11 is 0. The molecule has 0 amide bonds. The first kappa shape index (κ1) is 12.3. The maximum absolute atomic E-state index is 13.8. The van der Waals surface area contributed by atoms with Gasteiger partial charge in [-0.2, -0.15) is 0 Å². The van der Waals surface area contributed by atoms with Crippen molar-refractivity contribution < 1.29 is 13.2 Å². The Hall–Kier alpha value is -1.72. The Labute approximate surface area is 109 Å². The van der Waals surface area contributed by atoms with Gasteiger partial charge in [-0.05, 0) is 23.8 Å². The first-order valence-corrected chi connectivity index (χ1v) is 6.13. The summed E-state index contributed by atoms with van der Waals surface area (Å²) in [6.45, 7) is 1.27. The molecule has 0 saturated heterocycles. The van der Waals surface area contributed by atoms with Crippen molar-refractivity contribution in [3.63, 3.8) is 0 Å². The fourth-order valence-electron chi connectivity index (χ4n) is 2.64. The zero-order valence-corrected chi connectivity index (χ0v) is 10.3. The highest BCUT2D eigenvalue weighted by Gasteiger charge is 2.32. The molecule has 100 valence electrons. The van der Waals surface area contributed by atoms with E-state index in [1.807, 2.05) is 11.0 Å². The quantitative estimate of drug-likeness (QED) is 0.926. The van der Waals surface area contributed by atoms with Gasteiger partial charge in [-0.1, -0.05) is 0 Å². The van der Waals surface area contributed by atoms with E-state index in [9.17, 15) is 8.78 Å². The van der Waals surface area contributed by atoms with Gasteiger partial charge < -0.3 is 10.2 Å². The largest absolute Gasteiger partial charge is 0.468 e. The van der Waals surface area contributed by atoms with Crippen LogP contribution in [0.5, 0.6) is 0 Å². The minimum absolute atomic E-state index is 0.176. The normalized spacial score (nSPS) is 18.8. The molecule has 0 radical (unpaired) electrons. The lowest BCUT2D eigenvalue weighted by molar-refractivity contribution is 0.193. The van der Waals surface area contributed by atoms with Gasteiger partial charge in [-0.25, -0.2) is 8.78 Å². The van der Waals surface area contributed by atoms with Gasteiger partial charge in [-0.15, -0.1) is 0 Å². The summed E-state index contributed by atoms with van der Waals surface area (Å²) in [4.78, 5) is 1.99. The molecule has 3 rings (SSSR count). The number of hydrogen-bond donors (Lipinski definition) is 1. The fourth-order valence-corrected chi connectivity index (χ4v) is 2.64. The molecule has 1 aromatic heterocycles. The number of rotatable bonds is 3. The van der Waals surface area contributed by atoms with Crippen LogP contribution in [-0.2, 0) is 13.1 Å². The number of furan rings is 1. The average molecular weight is 264 g/mol. The molecule has 1 aromatic carbocycles. The molecule has 2 N–H and O–H groups in total. The van der Waals surface area contributed by atoms with E-state index in [0.29, 0.717) is 30.8 Å². The summed E-state index contributed by atoms with van der Waals surface area (Å²) in [7, 11) is 0. The average Bonchev–Trinajstić information content (AvgIpc) is 2.97. The molecular formula is C14H14F2N2O. The number of benzene rings is 1. The summed E-state index contributed by atoms with van der Waals surface area (Å²) in [6.07, 6.45) is 1.59. The molecule has 1 unspecified atom stereocenters. The Morgan fingerprint density at radius 1 is 1.37 bits per heavy atom. The molecule has 0 saturated carbocycles. The lowest BCUT2D eigenvalue weighted by Gasteiger charge is -2.22. The van der Waals surface area contributed by atoms with E-state index in [-0.39, 0.29) is 6.04 Å². The van der Waals surface area contributed by atoms with E-state index in [1.165, 1.54) is 6.07 Å². The number of fused-ring (bicyclic) bond motifs is 1. The van der Waals surface area contributed by atoms with Crippen molar-refractivity contribution in [3.8, 4) is 0 Å². The predicted octanol–water partition coefficient (Wildman–Crippen LogP) is 2.57. The molecule has 1 atom stereocenters. The summed E-state index contributed by atoms with van der Waals surface area (Å²) in [6, 6.07) is 5.77. The minimum Gasteiger partial charge on any atom is -0.468 e. The Morgan fingerprint density at radius 2 is 2.21 bits per heavy atom. The second-order valence-corrected chi connectivity index (χ2v) is 4.69. The Balaban J connectivity index is 1.92. The van der Waals surface area contributed by atoms with Crippen LogP contribution in [0, 0.1) is 11.6 Å². The van der Waals surface area contributed by atoms with E-state index in [2.05, 4.69) is 0 Å². The Kier molecular flexibility index (Phi) is 3.08. The van der Waals surface area contributed by atoms with E-state index >= 15 is 0 Å². The number of halogens is 2. The van der Waals surface area contributed by atoms with Crippen molar-refractivity contribution in [2.75, 3.05) is 6.54 Å². The molecule has 1 aliphatic rings. The summed E-state index contributed by atoms with van der Waals surface area (Å²) < 4.78 is 32.4. The van der Waals surface area contributed by atoms with Crippen molar-refractivity contribution in [2.24, 2.45) is 5.73 Å². The molecule has 0 aliphatic carbocycles. The number of nitrogens with zero attached hydrogens (tertiary/aromatic N) is 1. The van der Waals surface area contributed by atoms with Gasteiger partial charge in [0.2, 0.25) is 0 Å². The number of hydrogen-bond acceptors (Lipinski definition) is 3. The van der Waals surface area contributed by atoms with E-state index < -0.39 is 11.6 Å². The summed E-state index contributed by atoms with van der Waals surface area (Å²) in [5.41, 5.74) is 6.93. The van der Waals surface area contributed by atoms with Crippen molar-refractivity contribution >= 4 is 0 Å². The SMILES string of the molecule is NCC1c2cc(F)cc(F)c2CN1Cc1ccco1. The van der Waals surface area contributed by atoms with Crippen LogP contribution in [0.3, 0.4) is 0 Å². The smallest absolute Gasteiger partial charge is 0.130 e. The van der Waals surface area contributed by atoms with Gasteiger partial charge in [-0.3, -0.25) is 4.90 Å². The highest BCUT2D eigenvalue weighted by Crippen LogP contribution is 2.36. The monoisotopic (exact) mass is 264 g/mol. The first-order valence-electron chi connectivity index (χ1n) is 6.13. The third-order valence-electron chi connectivity index (χ3n) is 3.52. The summed E-state index contributed by atoms with van der Waals surface area (Å²) in [5.74, 6) is -0.280. The van der Waals surface area contributed by atoms with Crippen LogP contribution in [0.2, 0.25) is 0 Å². The van der Waals surface area contributed by atoms with E-state index in [4.69, 9.17) is 10.2 Å². The highest BCUT2D eigenvalue weighted by atomic mass is 19.1. The van der Waals surface area contributed by atoms with Crippen molar-refractivity contribution in [1.82, 2.24) is 4.90 Å².